The molecular formula is C20H14F3NO. The molecule has 25 heavy (non-hydrogen) atoms. The van der Waals surface area contributed by atoms with E-state index < -0.39 is 11.7 Å². The Bertz CT molecular complexity index is 1050. The lowest BCUT2D eigenvalue weighted by Gasteiger charge is -2.20. The molecule has 126 valence electrons. The number of alkyl halides is 3. The zero-order chi connectivity index (χ0) is 17.6. The van der Waals surface area contributed by atoms with Gasteiger partial charge in [0.15, 0.2) is 5.58 Å². The number of hydrogen-bond acceptors (Lipinski definition) is 2. The molecule has 0 spiro atoms. The largest absolute Gasteiger partial charge is 0.454 e. The van der Waals surface area contributed by atoms with Crippen molar-refractivity contribution in [2.45, 2.75) is 6.18 Å². The number of halogens is 3. The van der Waals surface area contributed by atoms with Gasteiger partial charge < -0.3 is 9.32 Å². The van der Waals surface area contributed by atoms with Gasteiger partial charge in [0.2, 0.25) is 0 Å². The van der Waals surface area contributed by atoms with Gasteiger partial charge in [-0.2, -0.15) is 13.2 Å². The Kier molecular flexibility index (Phi) is 3.46. The number of hydrogen-bond donors (Lipinski definition) is 0. The highest BCUT2D eigenvalue weighted by Gasteiger charge is 2.30. The molecule has 0 fully saturated rings. The first-order valence-corrected chi connectivity index (χ1v) is 7.76. The van der Waals surface area contributed by atoms with E-state index in [0.29, 0.717) is 11.3 Å². The number of furan rings is 1. The Morgan fingerprint density at radius 1 is 0.800 bits per heavy atom. The first kappa shape index (κ1) is 15.6. The van der Waals surface area contributed by atoms with Crippen LogP contribution in [0.3, 0.4) is 0 Å². The fourth-order valence-electron chi connectivity index (χ4n) is 3.01. The summed E-state index contributed by atoms with van der Waals surface area (Å²) in [7, 11) is 1.81. The first-order valence-electron chi connectivity index (χ1n) is 7.76. The summed E-state index contributed by atoms with van der Waals surface area (Å²) in [5, 5.41) is 1.99. The van der Waals surface area contributed by atoms with Crippen LogP contribution in [0.4, 0.5) is 24.5 Å². The fraction of sp³-hybridized carbons (Fsp3) is 0.100. The van der Waals surface area contributed by atoms with Crippen LogP contribution in [0.5, 0.6) is 0 Å². The molecule has 0 atom stereocenters. The molecule has 0 saturated heterocycles. The lowest BCUT2D eigenvalue weighted by atomic mass is 10.1. The number of fused-ring (bicyclic) bond motifs is 3. The minimum atomic E-state index is -4.34. The number of anilines is 2. The van der Waals surface area contributed by atoms with Crippen LogP contribution < -0.4 is 4.90 Å². The van der Waals surface area contributed by atoms with Gasteiger partial charge in [-0.15, -0.1) is 0 Å². The third kappa shape index (κ3) is 2.61. The molecule has 0 aliphatic rings. The highest BCUT2D eigenvalue weighted by molar-refractivity contribution is 6.09. The molecule has 1 aromatic heterocycles. The topological polar surface area (TPSA) is 16.4 Å². The van der Waals surface area contributed by atoms with Crippen molar-refractivity contribution in [3.63, 3.8) is 0 Å². The van der Waals surface area contributed by atoms with Crippen molar-refractivity contribution in [3.05, 3.63) is 72.3 Å². The lowest BCUT2D eigenvalue weighted by Crippen LogP contribution is -2.10. The Balaban J connectivity index is 1.81. The maximum atomic E-state index is 12.7. The zero-order valence-electron chi connectivity index (χ0n) is 13.3. The number of rotatable bonds is 2. The lowest BCUT2D eigenvalue weighted by molar-refractivity contribution is -0.137. The van der Waals surface area contributed by atoms with Crippen molar-refractivity contribution >= 4 is 33.3 Å². The molecule has 0 amide bonds. The Morgan fingerprint density at radius 3 is 2.20 bits per heavy atom. The summed E-state index contributed by atoms with van der Waals surface area (Å²) in [5.41, 5.74) is 2.29. The molecule has 4 aromatic rings. The van der Waals surface area contributed by atoms with Crippen LogP contribution in [0.15, 0.2) is 71.1 Å². The summed E-state index contributed by atoms with van der Waals surface area (Å²) in [6.07, 6.45) is -4.34. The molecule has 1 heterocycles. The summed E-state index contributed by atoms with van der Waals surface area (Å²) in [6.45, 7) is 0. The van der Waals surface area contributed by atoms with E-state index in [1.807, 2.05) is 54.4 Å². The van der Waals surface area contributed by atoms with Crippen molar-refractivity contribution in [1.29, 1.82) is 0 Å². The predicted molar refractivity (Wildman–Crippen MR) is 93.2 cm³/mol. The monoisotopic (exact) mass is 341 g/mol. The molecule has 0 radical (unpaired) electrons. The maximum absolute atomic E-state index is 12.7. The standard InChI is InChI=1S/C20H14F3NO/c1-24(14-11-9-13(10-12-14)20(21,22)23)17-7-4-6-16-15-5-2-3-8-18(15)25-19(16)17/h2-12H,1H3. The molecule has 0 N–H and O–H groups in total. The Morgan fingerprint density at radius 2 is 1.48 bits per heavy atom. The van der Waals surface area contributed by atoms with E-state index in [-0.39, 0.29) is 0 Å². The summed E-state index contributed by atoms with van der Waals surface area (Å²) in [6, 6.07) is 18.6. The van der Waals surface area contributed by atoms with Crippen molar-refractivity contribution in [2.24, 2.45) is 0 Å². The van der Waals surface area contributed by atoms with Gasteiger partial charge >= 0.3 is 6.18 Å². The van der Waals surface area contributed by atoms with E-state index in [9.17, 15) is 13.2 Å². The van der Waals surface area contributed by atoms with Gasteiger partial charge in [0, 0.05) is 23.5 Å². The van der Waals surface area contributed by atoms with Crippen LogP contribution in [-0.2, 0) is 6.18 Å². The molecule has 0 saturated carbocycles. The van der Waals surface area contributed by atoms with E-state index in [1.54, 1.807) is 0 Å². The molecule has 0 aliphatic heterocycles. The van der Waals surface area contributed by atoms with Gasteiger partial charge in [-0.25, -0.2) is 0 Å². The van der Waals surface area contributed by atoms with Gasteiger partial charge in [-0.3, -0.25) is 0 Å². The predicted octanol–water partition coefficient (Wildman–Crippen LogP) is 6.37. The van der Waals surface area contributed by atoms with Gasteiger partial charge in [-0.1, -0.05) is 30.3 Å². The number of benzene rings is 3. The van der Waals surface area contributed by atoms with Crippen LogP contribution in [-0.4, -0.2) is 7.05 Å². The van der Waals surface area contributed by atoms with Gasteiger partial charge in [-0.05, 0) is 36.4 Å². The van der Waals surface area contributed by atoms with E-state index in [0.717, 1.165) is 34.2 Å². The summed E-state index contributed by atoms with van der Waals surface area (Å²) in [5.74, 6) is 0. The SMILES string of the molecule is CN(c1ccc(C(F)(F)F)cc1)c1cccc2c1oc1ccccc12. The van der Waals surface area contributed by atoms with Gasteiger partial charge in [0.25, 0.3) is 0 Å². The molecule has 2 nitrogen and oxygen atoms in total. The molecule has 3 aromatic carbocycles. The summed E-state index contributed by atoms with van der Waals surface area (Å²) < 4.78 is 44.2. The average molecular weight is 341 g/mol. The Hall–Kier alpha value is -2.95. The minimum absolute atomic E-state index is 0.654. The van der Waals surface area contributed by atoms with Crippen LogP contribution >= 0.6 is 0 Å². The number of nitrogens with zero attached hydrogens (tertiary/aromatic N) is 1. The summed E-state index contributed by atoms with van der Waals surface area (Å²) >= 11 is 0. The third-order valence-electron chi connectivity index (χ3n) is 4.33. The zero-order valence-corrected chi connectivity index (χ0v) is 13.3. The second kappa shape index (κ2) is 5.55. The molecule has 4 rings (SSSR count). The molecule has 5 heteroatoms. The van der Waals surface area contributed by atoms with Crippen molar-refractivity contribution < 1.29 is 17.6 Å². The highest BCUT2D eigenvalue weighted by Crippen LogP contribution is 2.37. The van der Waals surface area contributed by atoms with Crippen LogP contribution in [0.25, 0.3) is 21.9 Å². The van der Waals surface area contributed by atoms with E-state index >= 15 is 0 Å². The van der Waals surface area contributed by atoms with E-state index in [4.69, 9.17) is 4.42 Å². The van der Waals surface area contributed by atoms with Crippen molar-refractivity contribution in [1.82, 2.24) is 0 Å². The number of para-hydroxylation sites is 2. The van der Waals surface area contributed by atoms with E-state index in [1.165, 1.54) is 12.1 Å². The second-order valence-corrected chi connectivity index (χ2v) is 5.86. The quantitative estimate of drug-likeness (QED) is 0.421. The van der Waals surface area contributed by atoms with Crippen molar-refractivity contribution in [2.75, 3.05) is 11.9 Å². The molecule has 0 aliphatic carbocycles. The van der Waals surface area contributed by atoms with Crippen molar-refractivity contribution in [3.8, 4) is 0 Å². The van der Waals surface area contributed by atoms with Gasteiger partial charge in [0.1, 0.15) is 5.58 Å². The van der Waals surface area contributed by atoms with Crippen LogP contribution in [0.2, 0.25) is 0 Å². The molecule has 0 unspecified atom stereocenters. The minimum Gasteiger partial charge on any atom is -0.454 e. The highest BCUT2D eigenvalue weighted by atomic mass is 19.4. The first-order chi connectivity index (χ1) is 11.9. The summed E-state index contributed by atoms with van der Waals surface area (Å²) in [4.78, 5) is 1.82. The second-order valence-electron chi connectivity index (χ2n) is 5.86. The van der Waals surface area contributed by atoms with E-state index in [2.05, 4.69) is 0 Å². The van der Waals surface area contributed by atoms with Crippen LogP contribution in [0.1, 0.15) is 5.56 Å². The fourth-order valence-corrected chi connectivity index (χ4v) is 3.01. The Labute approximate surface area is 142 Å². The maximum Gasteiger partial charge on any atom is 0.416 e. The normalized spacial score (nSPS) is 12.0. The van der Waals surface area contributed by atoms with Crippen LogP contribution in [0, 0.1) is 0 Å². The molecule has 0 bridgehead atoms. The smallest absolute Gasteiger partial charge is 0.416 e. The average Bonchev–Trinajstić information content (AvgIpc) is 2.99. The van der Waals surface area contributed by atoms with Gasteiger partial charge in [0.05, 0.1) is 11.3 Å². The third-order valence-corrected chi connectivity index (χ3v) is 4.33. The molecular weight excluding hydrogens is 327 g/mol.